The number of benzene rings is 1. The Kier molecular flexibility index (Phi) is 2.90. The molecule has 1 atom stereocenters. The summed E-state index contributed by atoms with van der Waals surface area (Å²) in [6.07, 6.45) is 0.314. The number of nitrogen functional groups attached to an aromatic ring is 1. The highest BCUT2D eigenvalue weighted by atomic mass is 16.2. The topological polar surface area (TPSA) is 106 Å². The molecule has 6 heteroatoms. The Morgan fingerprint density at radius 1 is 1.32 bits per heavy atom. The molecular formula is C13H15N3O3. The zero-order chi connectivity index (χ0) is 14.4. The van der Waals surface area contributed by atoms with Crippen LogP contribution in [0.1, 0.15) is 41.0 Å². The Morgan fingerprint density at radius 3 is 2.47 bits per heavy atom. The minimum atomic E-state index is -1.26. The van der Waals surface area contributed by atoms with Crippen molar-refractivity contribution in [3.8, 4) is 0 Å². The van der Waals surface area contributed by atoms with Gasteiger partial charge in [0.2, 0.25) is 0 Å². The SMILES string of the molecule is CCC(C)(N)C(=O)N1C(=O)c2cccc(N)c2C1=O. The molecule has 4 N–H and O–H groups in total. The summed E-state index contributed by atoms with van der Waals surface area (Å²) < 4.78 is 0. The van der Waals surface area contributed by atoms with Crippen molar-refractivity contribution in [2.24, 2.45) is 5.73 Å². The maximum atomic E-state index is 12.2. The van der Waals surface area contributed by atoms with Crippen molar-refractivity contribution < 1.29 is 14.4 Å². The van der Waals surface area contributed by atoms with Crippen molar-refractivity contribution in [3.05, 3.63) is 29.3 Å². The highest BCUT2D eigenvalue weighted by Crippen LogP contribution is 2.29. The second-order valence-corrected chi connectivity index (χ2v) is 4.79. The molecule has 1 heterocycles. The summed E-state index contributed by atoms with van der Waals surface area (Å²) >= 11 is 0. The van der Waals surface area contributed by atoms with E-state index < -0.39 is 23.3 Å². The van der Waals surface area contributed by atoms with Gasteiger partial charge in [-0.2, -0.15) is 0 Å². The van der Waals surface area contributed by atoms with Crippen LogP contribution in [0.2, 0.25) is 0 Å². The fourth-order valence-corrected chi connectivity index (χ4v) is 1.90. The summed E-state index contributed by atoms with van der Waals surface area (Å²) in [6, 6.07) is 4.55. The van der Waals surface area contributed by atoms with Gasteiger partial charge in [-0.3, -0.25) is 14.4 Å². The van der Waals surface area contributed by atoms with Crippen LogP contribution in [0.5, 0.6) is 0 Å². The maximum Gasteiger partial charge on any atom is 0.270 e. The lowest BCUT2D eigenvalue weighted by Gasteiger charge is -2.25. The van der Waals surface area contributed by atoms with Crippen LogP contribution in [0.3, 0.4) is 0 Å². The van der Waals surface area contributed by atoms with E-state index in [9.17, 15) is 14.4 Å². The van der Waals surface area contributed by atoms with E-state index in [0.29, 0.717) is 11.3 Å². The summed E-state index contributed by atoms with van der Waals surface area (Å²) in [4.78, 5) is 37.1. The minimum Gasteiger partial charge on any atom is -0.398 e. The van der Waals surface area contributed by atoms with Crippen molar-refractivity contribution in [2.45, 2.75) is 25.8 Å². The number of hydrogen-bond donors (Lipinski definition) is 2. The van der Waals surface area contributed by atoms with Crippen LogP contribution in [0, 0.1) is 0 Å². The van der Waals surface area contributed by atoms with E-state index in [0.717, 1.165) is 0 Å². The van der Waals surface area contributed by atoms with Gasteiger partial charge in [0.25, 0.3) is 17.7 Å². The van der Waals surface area contributed by atoms with E-state index >= 15 is 0 Å². The van der Waals surface area contributed by atoms with Crippen LogP contribution >= 0.6 is 0 Å². The molecule has 1 aliphatic heterocycles. The molecule has 19 heavy (non-hydrogen) atoms. The molecule has 0 saturated heterocycles. The predicted octanol–water partition coefficient (Wildman–Crippen LogP) is 0.519. The summed E-state index contributed by atoms with van der Waals surface area (Å²) in [5, 5.41) is 0. The largest absolute Gasteiger partial charge is 0.398 e. The summed E-state index contributed by atoms with van der Waals surface area (Å²) in [5.74, 6) is -2.07. The van der Waals surface area contributed by atoms with Gasteiger partial charge >= 0.3 is 0 Å². The van der Waals surface area contributed by atoms with Crippen LogP contribution in [-0.2, 0) is 4.79 Å². The van der Waals surface area contributed by atoms with E-state index in [2.05, 4.69) is 0 Å². The summed E-state index contributed by atoms with van der Waals surface area (Å²) in [7, 11) is 0. The molecule has 0 radical (unpaired) electrons. The molecule has 0 aliphatic carbocycles. The van der Waals surface area contributed by atoms with Crippen LogP contribution < -0.4 is 11.5 Å². The van der Waals surface area contributed by atoms with E-state index in [1.54, 1.807) is 13.0 Å². The van der Waals surface area contributed by atoms with E-state index in [4.69, 9.17) is 11.5 Å². The Bertz CT molecular complexity index is 593. The van der Waals surface area contributed by atoms with Gasteiger partial charge in [-0.05, 0) is 25.5 Å². The number of rotatable bonds is 2. The Labute approximate surface area is 110 Å². The molecule has 0 bridgehead atoms. The number of imide groups is 3. The van der Waals surface area contributed by atoms with Gasteiger partial charge in [-0.1, -0.05) is 13.0 Å². The average molecular weight is 261 g/mol. The van der Waals surface area contributed by atoms with Gasteiger partial charge in [0, 0.05) is 5.69 Å². The molecule has 2 rings (SSSR count). The first-order valence-electron chi connectivity index (χ1n) is 5.92. The number of carbonyl (C=O) groups is 3. The predicted molar refractivity (Wildman–Crippen MR) is 69.2 cm³/mol. The second-order valence-electron chi connectivity index (χ2n) is 4.79. The quantitative estimate of drug-likeness (QED) is 0.596. The minimum absolute atomic E-state index is 0.0766. The third-order valence-corrected chi connectivity index (χ3v) is 3.37. The number of amides is 3. The highest BCUT2D eigenvalue weighted by Gasteiger charge is 2.45. The Hall–Kier alpha value is -2.21. The summed E-state index contributed by atoms with van der Waals surface area (Å²) in [6.45, 7) is 3.20. The monoisotopic (exact) mass is 261 g/mol. The molecule has 1 aliphatic rings. The lowest BCUT2D eigenvalue weighted by Crippen LogP contribution is -2.54. The molecule has 0 aromatic heterocycles. The number of hydrogen-bond acceptors (Lipinski definition) is 5. The average Bonchev–Trinajstić information content (AvgIpc) is 2.62. The summed E-state index contributed by atoms with van der Waals surface area (Å²) in [5.41, 5.74) is 10.6. The van der Waals surface area contributed by atoms with Crippen molar-refractivity contribution in [2.75, 3.05) is 5.73 Å². The lowest BCUT2D eigenvalue weighted by atomic mass is 9.98. The van der Waals surface area contributed by atoms with Crippen LogP contribution in [0.15, 0.2) is 18.2 Å². The third-order valence-electron chi connectivity index (χ3n) is 3.37. The molecule has 1 aromatic carbocycles. The van der Waals surface area contributed by atoms with Crippen LogP contribution in [-0.4, -0.2) is 28.2 Å². The fraction of sp³-hybridized carbons (Fsp3) is 0.308. The number of carbonyl (C=O) groups excluding carboxylic acids is 3. The first kappa shape index (κ1) is 13.2. The van der Waals surface area contributed by atoms with E-state index in [1.807, 2.05) is 0 Å². The van der Waals surface area contributed by atoms with Gasteiger partial charge in [0.15, 0.2) is 0 Å². The van der Waals surface area contributed by atoms with Crippen molar-refractivity contribution in [3.63, 3.8) is 0 Å². The van der Waals surface area contributed by atoms with Gasteiger partial charge in [0.1, 0.15) is 0 Å². The Balaban J connectivity index is 2.50. The lowest BCUT2D eigenvalue weighted by molar-refractivity contribution is -0.131. The smallest absolute Gasteiger partial charge is 0.270 e. The van der Waals surface area contributed by atoms with E-state index in [1.165, 1.54) is 19.1 Å². The standard InChI is InChI=1S/C13H15N3O3/c1-3-13(2,15)12(19)16-10(17)7-5-4-6-8(14)9(7)11(16)18/h4-6H,3,14-15H2,1-2H3. The molecule has 6 nitrogen and oxygen atoms in total. The molecular weight excluding hydrogens is 246 g/mol. The van der Waals surface area contributed by atoms with E-state index in [-0.39, 0.29) is 16.8 Å². The van der Waals surface area contributed by atoms with Crippen LogP contribution in [0.25, 0.3) is 0 Å². The molecule has 1 unspecified atom stereocenters. The molecule has 1 aromatic rings. The van der Waals surface area contributed by atoms with Crippen LogP contribution in [0.4, 0.5) is 5.69 Å². The molecule has 0 saturated carbocycles. The van der Waals surface area contributed by atoms with Crippen molar-refractivity contribution in [1.82, 2.24) is 4.90 Å². The Morgan fingerprint density at radius 2 is 1.95 bits per heavy atom. The maximum absolute atomic E-state index is 12.2. The fourth-order valence-electron chi connectivity index (χ4n) is 1.90. The zero-order valence-corrected chi connectivity index (χ0v) is 10.8. The van der Waals surface area contributed by atoms with Gasteiger partial charge in [0.05, 0.1) is 16.7 Å². The molecule has 3 amide bonds. The zero-order valence-electron chi connectivity index (χ0n) is 10.8. The van der Waals surface area contributed by atoms with Gasteiger partial charge < -0.3 is 11.5 Å². The number of nitrogens with two attached hydrogens (primary N) is 2. The molecule has 0 fully saturated rings. The normalized spacial score (nSPS) is 17.3. The first-order valence-corrected chi connectivity index (χ1v) is 5.92. The van der Waals surface area contributed by atoms with Gasteiger partial charge in [-0.25, -0.2) is 4.90 Å². The number of nitrogens with zero attached hydrogens (tertiary/aromatic N) is 1. The van der Waals surface area contributed by atoms with Gasteiger partial charge in [-0.15, -0.1) is 0 Å². The highest BCUT2D eigenvalue weighted by molar-refractivity contribution is 6.31. The second kappa shape index (κ2) is 4.17. The molecule has 100 valence electrons. The third kappa shape index (κ3) is 1.80. The first-order chi connectivity index (χ1) is 8.81. The van der Waals surface area contributed by atoms with Crippen molar-refractivity contribution in [1.29, 1.82) is 0 Å². The number of anilines is 1. The molecule has 0 spiro atoms. The number of fused-ring (bicyclic) bond motifs is 1. The van der Waals surface area contributed by atoms with Crippen molar-refractivity contribution >= 4 is 23.4 Å².